The average molecular weight is 532 g/mol. The van der Waals surface area contributed by atoms with E-state index in [1.165, 1.54) is 24.2 Å². The Hall–Kier alpha value is -3.79. The first-order valence-electron chi connectivity index (χ1n) is 11.3. The van der Waals surface area contributed by atoms with Crippen LogP contribution in [0.15, 0.2) is 35.6 Å². The van der Waals surface area contributed by atoms with Gasteiger partial charge in [0, 0.05) is 37.1 Å². The van der Waals surface area contributed by atoms with Crippen LogP contribution in [0.5, 0.6) is 0 Å². The molecule has 1 aliphatic carbocycles. The van der Waals surface area contributed by atoms with Crippen molar-refractivity contribution >= 4 is 35.2 Å². The fraction of sp³-hybridized carbons (Fsp3) is 0.375. The summed E-state index contributed by atoms with van der Waals surface area (Å²) in [6.07, 6.45) is 3.36. The highest BCUT2D eigenvalue weighted by atomic mass is 32.2. The molecule has 2 N–H and O–H groups in total. The maximum absolute atomic E-state index is 10.6. The van der Waals surface area contributed by atoms with Crippen molar-refractivity contribution in [2.45, 2.75) is 48.4 Å². The number of hydrogen-bond donors (Lipinski definition) is 2. The molecular weight excluding hydrogens is 507 g/mol. The highest BCUT2D eigenvalue weighted by Gasteiger charge is 2.45. The molecule has 194 valence electrons. The second kappa shape index (κ2) is 9.93. The maximum atomic E-state index is 10.6. The van der Waals surface area contributed by atoms with E-state index in [9.17, 15) is 18.4 Å². The molecule has 13 heteroatoms. The van der Waals surface area contributed by atoms with Gasteiger partial charge in [0.25, 0.3) is 0 Å². The molecule has 37 heavy (non-hydrogen) atoms. The van der Waals surface area contributed by atoms with Crippen LogP contribution < -0.4 is 10.2 Å². The van der Waals surface area contributed by atoms with Crippen LogP contribution in [0.25, 0.3) is 5.69 Å². The number of nitriles is 1. The van der Waals surface area contributed by atoms with Crippen molar-refractivity contribution in [1.82, 2.24) is 19.5 Å². The number of alkyl halides is 3. The smallest absolute Gasteiger partial charge is 0.475 e. The molecule has 5 rings (SSSR count). The van der Waals surface area contributed by atoms with E-state index in [1.807, 2.05) is 61.7 Å². The topological polar surface area (TPSA) is 120 Å². The predicted molar refractivity (Wildman–Crippen MR) is 132 cm³/mol. The summed E-state index contributed by atoms with van der Waals surface area (Å²) < 4.78 is 33.9. The Labute approximate surface area is 215 Å². The number of carboxylic acids is 1. The summed E-state index contributed by atoms with van der Waals surface area (Å²) in [4.78, 5) is 26.0. The Morgan fingerprint density at radius 1 is 1.30 bits per heavy atom. The van der Waals surface area contributed by atoms with Crippen molar-refractivity contribution in [2.24, 2.45) is 0 Å². The number of thioether (sulfide) groups is 1. The van der Waals surface area contributed by atoms with Crippen LogP contribution in [0.2, 0.25) is 0 Å². The monoisotopic (exact) mass is 531 g/mol. The van der Waals surface area contributed by atoms with E-state index >= 15 is 0 Å². The normalized spacial score (nSPS) is 15.2. The second-order valence-electron chi connectivity index (χ2n) is 9.05. The number of nitrogens with zero attached hydrogens (tertiary/aromatic N) is 6. The summed E-state index contributed by atoms with van der Waals surface area (Å²) in [6.45, 7) is 1.93. The lowest BCUT2D eigenvalue weighted by Gasteiger charge is -2.36. The van der Waals surface area contributed by atoms with Gasteiger partial charge < -0.3 is 19.9 Å². The fourth-order valence-corrected chi connectivity index (χ4v) is 5.78. The number of carboxylic acid groups (broad SMARTS) is 1. The van der Waals surface area contributed by atoms with Gasteiger partial charge in [-0.2, -0.15) is 23.4 Å². The van der Waals surface area contributed by atoms with Crippen LogP contribution in [-0.4, -0.2) is 55.6 Å². The number of carbonyl (C=O) groups is 1. The van der Waals surface area contributed by atoms with Gasteiger partial charge in [0.1, 0.15) is 11.9 Å². The largest absolute Gasteiger partial charge is 0.490 e. The number of anilines is 3. The number of benzene rings is 1. The molecule has 0 unspecified atom stereocenters. The van der Waals surface area contributed by atoms with Crippen LogP contribution in [0.1, 0.15) is 36.2 Å². The van der Waals surface area contributed by atoms with Gasteiger partial charge in [0.05, 0.1) is 33.9 Å². The number of aromatic nitrogens is 4. The third kappa shape index (κ3) is 5.64. The van der Waals surface area contributed by atoms with Gasteiger partial charge in [-0.1, -0.05) is 6.42 Å². The molecule has 0 bridgehead atoms. The highest BCUT2D eigenvalue weighted by Crippen LogP contribution is 2.57. The molecule has 0 amide bonds. The number of hydrogen-bond acceptors (Lipinski definition) is 8. The molecule has 0 saturated heterocycles. The van der Waals surface area contributed by atoms with Crippen molar-refractivity contribution in [3.05, 3.63) is 47.7 Å². The Morgan fingerprint density at radius 3 is 2.51 bits per heavy atom. The zero-order valence-electron chi connectivity index (χ0n) is 20.3. The minimum absolute atomic E-state index is 0.332. The van der Waals surface area contributed by atoms with E-state index in [1.54, 1.807) is 6.33 Å². The summed E-state index contributed by atoms with van der Waals surface area (Å²) in [7, 11) is 4.04. The summed E-state index contributed by atoms with van der Waals surface area (Å²) in [5, 5.41) is 20.1. The van der Waals surface area contributed by atoms with Crippen LogP contribution in [0.4, 0.5) is 30.6 Å². The molecule has 2 aliphatic rings. The predicted octanol–water partition coefficient (Wildman–Crippen LogP) is 4.86. The number of aliphatic carboxylic acids is 1. The minimum atomic E-state index is -5.08. The molecule has 2 aromatic heterocycles. The zero-order chi connectivity index (χ0) is 27.0. The number of imidazole rings is 1. The molecule has 9 nitrogen and oxygen atoms in total. The molecule has 3 aromatic rings. The Morgan fingerprint density at radius 2 is 2.00 bits per heavy atom. The lowest BCUT2D eigenvalue weighted by molar-refractivity contribution is -0.192. The van der Waals surface area contributed by atoms with Crippen LogP contribution >= 0.6 is 11.8 Å². The van der Waals surface area contributed by atoms with Crippen LogP contribution in [-0.2, 0) is 11.2 Å². The third-order valence-electron chi connectivity index (χ3n) is 6.02. The number of rotatable bonds is 4. The summed E-state index contributed by atoms with van der Waals surface area (Å²) in [5.41, 5.74) is 4.20. The molecule has 1 fully saturated rings. The van der Waals surface area contributed by atoms with Crippen molar-refractivity contribution in [3.63, 3.8) is 0 Å². The SMILES string of the molecule is Cc1cn(-c2ccc(Nc3nc4c(c(N(C)C)n3)SC3(CCC3)C4)cc2C#N)cn1.O=C(O)C(F)(F)F. The summed E-state index contributed by atoms with van der Waals surface area (Å²) in [5.74, 6) is -1.22. The lowest BCUT2D eigenvalue weighted by Crippen LogP contribution is -2.32. The molecule has 0 radical (unpaired) electrons. The molecule has 3 heterocycles. The van der Waals surface area contributed by atoms with E-state index in [-0.39, 0.29) is 0 Å². The number of halogens is 3. The van der Waals surface area contributed by atoms with Crippen molar-refractivity contribution in [1.29, 1.82) is 5.26 Å². The molecule has 1 aromatic carbocycles. The van der Waals surface area contributed by atoms with Crippen molar-refractivity contribution in [2.75, 3.05) is 24.3 Å². The average Bonchev–Trinajstić information content (AvgIpc) is 3.42. The first-order valence-corrected chi connectivity index (χ1v) is 12.1. The van der Waals surface area contributed by atoms with Gasteiger partial charge in [0.15, 0.2) is 0 Å². The Bertz CT molecular complexity index is 1380. The number of nitrogens with one attached hydrogen (secondary N) is 1. The first-order chi connectivity index (χ1) is 17.4. The van der Waals surface area contributed by atoms with E-state index in [4.69, 9.17) is 19.9 Å². The van der Waals surface area contributed by atoms with Gasteiger partial charge in [-0.25, -0.2) is 14.8 Å². The van der Waals surface area contributed by atoms with Gasteiger partial charge in [-0.05, 0) is 38.0 Å². The second-order valence-corrected chi connectivity index (χ2v) is 10.5. The number of fused-ring (bicyclic) bond motifs is 1. The minimum Gasteiger partial charge on any atom is -0.475 e. The van der Waals surface area contributed by atoms with E-state index in [0.717, 1.165) is 35.0 Å². The van der Waals surface area contributed by atoms with Gasteiger partial charge >= 0.3 is 12.1 Å². The van der Waals surface area contributed by atoms with Crippen molar-refractivity contribution < 1.29 is 23.1 Å². The van der Waals surface area contributed by atoms with E-state index in [0.29, 0.717) is 16.3 Å². The molecule has 0 atom stereocenters. The van der Waals surface area contributed by atoms with E-state index < -0.39 is 12.1 Å². The maximum Gasteiger partial charge on any atom is 0.490 e. The Balaban J connectivity index is 0.000000405. The third-order valence-corrected chi connectivity index (χ3v) is 7.63. The quantitative estimate of drug-likeness (QED) is 0.486. The van der Waals surface area contributed by atoms with Crippen molar-refractivity contribution in [3.8, 4) is 11.8 Å². The first kappa shape index (κ1) is 26.3. The molecular formula is C24H24F3N7O2S. The molecule has 1 spiro atoms. The number of aryl methyl sites for hydroxylation is 1. The molecule has 1 aliphatic heterocycles. The zero-order valence-corrected chi connectivity index (χ0v) is 21.1. The lowest BCUT2D eigenvalue weighted by atomic mass is 9.81. The van der Waals surface area contributed by atoms with Gasteiger partial charge in [-0.15, -0.1) is 11.8 Å². The van der Waals surface area contributed by atoms with Gasteiger partial charge in [-0.3, -0.25) is 0 Å². The van der Waals surface area contributed by atoms with Crippen LogP contribution in [0, 0.1) is 18.3 Å². The summed E-state index contributed by atoms with van der Waals surface area (Å²) in [6, 6.07) is 7.98. The van der Waals surface area contributed by atoms with E-state index in [2.05, 4.69) is 21.3 Å². The van der Waals surface area contributed by atoms with Crippen LogP contribution in [0.3, 0.4) is 0 Å². The standard InChI is InChI=1S/C22H23N7S.C2HF3O2/c1-14-12-29(13-24-14)18-6-5-16(9-15(18)11-23)25-21-26-17-10-22(7-4-8-22)30-19(17)20(27-21)28(2)3;3-2(4,5)1(6)7/h5-6,9,12-13H,4,7-8,10H2,1-3H3,(H,25,26,27);(H,6,7). The fourth-order valence-electron chi connectivity index (χ4n) is 4.09. The summed E-state index contributed by atoms with van der Waals surface area (Å²) >= 11 is 1.96. The van der Waals surface area contributed by atoms with Gasteiger partial charge in [0.2, 0.25) is 5.95 Å². The highest BCUT2D eigenvalue weighted by molar-refractivity contribution is 8.01. The Kier molecular flexibility index (Phi) is 7.05. The molecule has 1 saturated carbocycles.